The second-order valence-corrected chi connectivity index (χ2v) is 34.1. The van der Waals surface area contributed by atoms with Crippen LogP contribution in [0.5, 0.6) is 0 Å². The van der Waals surface area contributed by atoms with Crippen molar-refractivity contribution in [1.29, 1.82) is 0 Å². The fourth-order valence-corrected chi connectivity index (χ4v) is 14.2. The van der Waals surface area contributed by atoms with Gasteiger partial charge in [0.25, 0.3) is 0 Å². The van der Waals surface area contributed by atoms with Crippen LogP contribution in [0.1, 0.15) is 421 Å². The molecule has 0 radical (unpaired) electrons. The number of rotatable bonds is 79. The molecular weight excluding hydrogens is 1320 g/mol. The smallest absolute Gasteiger partial charge is 0.462 e. The van der Waals surface area contributed by atoms with Crippen molar-refractivity contribution in [1.82, 2.24) is 0 Å². The zero-order chi connectivity index (χ0) is 74.6. The minimum Gasteiger partial charge on any atom is -0.462 e. The van der Waals surface area contributed by atoms with Crippen LogP contribution in [0, 0.1) is 23.7 Å². The molecule has 0 saturated carbocycles. The fourth-order valence-electron chi connectivity index (χ4n) is 12.6. The Bertz CT molecular complexity index is 1970. The van der Waals surface area contributed by atoms with Crippen molar-refractivity contribution in [2.45, 2.75) is 440 Å². The van der Waals surface area contributed by atoms with Crippen LogP contribution >= 0.6 is 15.6 Å². The van der Waals surface area contributed by atoms with Crippen LogP contribution in [0.4, 0.5) is 0 Å². The summed E-state index contributed by atoms with van der Waals surface area (Å²) in [4.78, 5) is 73.0. The zero-order valence-electron chi connectivity index (χ0n) is 66.5. The first-order chi connectivity index (χ1) is 48.6. The lowest BCUT2D eigenvalue weighted by Crippen LogP contribution is -2.30. The van der Waals surface area contributed by atoms with Crippen LogP contribution in [0.25, 0.3) is 0 Å². The molecule has 0 aromatic rings. The Morgan fingerprint density at radius 3 is 0.703 bits per heavy atom. The molecule has 17 nitrogen and oxygen atoms in total. The molecule has 0 aromatic carbocycles. The van der Waals surface area contributed by atoms with E-state index in [0.29, 0.717) is 31.6 Å². The lowest BCUT2D eigenvalue weighted by molar-refractivity contribution is -0.161. The third-order valence-corrected chi connectivity index (χ3v) is 21.3. The lowest BCUT2D eigenvalue weighted by Gasteiger charge is -2.21. The Hall–Kier alpha value is -1.94. The number of esters is 4. The summed E-state index contributed by atoms with van der Waals surface area (Å²) in [6.07, 6.45) is 58.6. The van der Waals surface area contributed by atoms with Crippen LogP contribution in [0.15, 0.2) is 0 Å². The first-order valence-electron chi connectivity index (χ1n) is 42.2. The quantitative estimate of drug-likeness (QED) is 0.0222. The highest BCUT2D eigenvalue weighted by atomic mass is 31.2. The second kappa shape index (κ2) is 71.0. The largest absolute Gasteiger partial charge is 0.472 e. The predicted octanol–water partition coefficient (Wildman–Crippen LogP) is 24.4. The van der Waals surface area contributed by atoms with Crippen molar-refractivity contribution in [2.75, 3.05) is 39.6 Å². The number of hydrogen-bond donors (Lipinski definition) is 3. The standard InChI is InChI=1S/C82H160O17P2/c1-9-75(8)61-53-45-36-32-33-39-49-57-65-82(87)99-78(69-93-80(85)63-55-47-41-40-44-52-60-74(6)7)71-97-101(90,91)95-67-76(83)66-94-100(88,89)96-70-77(98-81(86)64-56-48-38-31-27-23-19-15-14-17-21-25-29-35-43-51-59-73(4)5)68-92-79(84)62-54-46-37-30-26-22-18-13-11-10-12-16-20-24-28-34-42-50-58-72(2)3/h72-78,83H,9-71H2,1-8H3,(H,88,89)(H,90,91)/t75?,76-,77-,78-/m1/s1. The van der Waals surface area contributed by atoms with Gasteiger partial charge in [-0.1, -0.05) is 370 Å². The van der Waals surface area contributed by atoms with Crippen molar-refractivity contribution in [3.05, 3.63) is 0 Å². The molecule has 600 valence electrons. The van der Waals surface area contributed by atoms with E-state index in [4.69, 9.17) is 37.0 Å². The first-order valence-corrected chi connectivity index (χ1v) is 45.2. The van der Waals surface area contributed by atoms with Gasteiger partial charge >= 0.3 is 39.5 Å². The van der Waals surface area contributed by atoms with Gasteiger partial charge < -0.3 is 33.8 Å². The number of phosphoric acid groups is 2. The molecular formula is C82H160O17P2. The van der Waals surface area contributed by atoms with Gasteiger partial charge in [-0.2, -0.15) is 0 Å². The Kier molecular flexibility index (Phi) is 69.6. The number of aliphatic hydroxyl groups excluding tert-OH is 1. The summed E-state index contributed by atoms with van der Waals surface area (Å²) in [6.45, 7) is 14.2. The average molecular weight is 1480 g/mol. The Balaban J connectivity index is 5.20. The molecule has 0 rings (SSSR count). The molecule has 0 heterocycles. The van der Waals surface area contributed by atoms with E-state index >= 15 is 0 Å². The van der Waals surface area contributed by atoms with Crippen molar-refractivity contribution < 1.29 is 80.2 Å². The van der Waals surface area contributed by atoms with Gasteiger partial charge in [0.05, 0.1) is 26.4 Å². The summed E-state index contributed by atoms with van der Waals surface area (Å²) in [7, 11) is -9.92. The number of phosphoric ester groups is 2. The Labute approximate surface area is 619 Å². The highest BCUT2D eigenvalue weighted by Gasteiger charge is 2.30. The van der Waals surface area contributed by atoms with Gasteiger partial charge in [0.1, 0.15) is 19.3 Å². The molecule has 0 fully saturated rings. The van der Waals surface area contributed by atoms with Gasteiger partial charge in [0, 0.05) is 25.7 Å². The van der Waals surface area contributed by atoms with Crippen molar-refractivity contribution in [3.8, 4) is 0 Å². The van der Waals surface area contributed by atoms with E-state index < -0.39 is 97.5 Å². The zero-order valence-corrected chi connectivity index (χ0v) is 68.3. The van der Waals surface area contributed by atoms with E-state index in [0.717, 1.165) is 114 Å². The summed E-state index contributed by atoms with van der Waals surface area (Å²) in [5.41, 5.74) is 0. The van der Waals surface area contributed by atoms with E-state index in [1.54, 1.807) is 0 Å². The van der Waals surface area contributed by atoms with E-state index in [-0.39, 0.29) is 25.7 Å². The fraction of sp³-hybridized carbons (Fsp3) is 0.951. The average Bonchev–Trinajstić information content (AvgIpc) is 0.924. The second-order valence-electron chi connectivity index (χ2n) is 31.2. The van der Waals surface area contributed by atoms with Crippen LogP contribution in [-0.2, 0) is 65.4 Å². The van der Waals surface area contributed by atoms with Crippen molar-refractivity contribution in [3.63, 3.8) is 0 Å². The van der Waals surface area contributed by atoms with E-state index in [2.05, 4.69) is 55.4 Å². The van der Waals surface area contributed by atoms with E-state index in [1.807, 2.05) is 0 Å². The Morgan fingerprint density at radius 2 is 0.475 bits per heavy atom. The SMILES string of the molecule is CCC(C)CCCCCCCCCCC(=O)O[C@H](COC(=O)CCCCCCCCC(C)C)COP(=O)(O)OC[C@H](O)COP(=O)(O)OC[C@@H](COC(=O)CCCCCCCCCCCCCCCCCCCCC(C)C)OC(=O)CCCCCCCCCCCCCCCCCCC(C)C. The van der Waals surface area contributed by atoms with Crippen LogP contribution in [0.3, 0.4) is 0 Å². The minimum absolute atomic E-state index is 0.104. The molecule has 19 heteroatoms. The molecule has 0 spiro atoms. The number of aliphatic hydroxyl groups is 1. The molecule has 0 aliphatic heterocycles. The third-order valence-electron chi connectivity index (χ3n) is 19.4. The maximum Gasteiger partial charge on any atom is 0.472 e. The van der Waals surface area contributed by atoms with Crippen molar-refractivity contribution in [2.24, 2.45) is 23.7 Å². The lowest BCUT2D eigenvalue weighted by atomic mass is 9.99. The summed E-state index contributed by atoms with van der Waals surface area (Å²) in [5.74, 6) is 0.964. The highest BCUT2D eigenvalue weighted by Crippen LogP contribution is 2.45. The monoisotopic (exact) mass is 1480 g/mol. The molecule has 0 aliphatic carbocycles. The number of carbonyl (C=O) groups is 4. The maximum atomic E-state index is 13.1. The van der Waals surface area contributed by atoms with Crippen LogP contribution in [-0.4, -0.2) is 96.7 Å². The predicted molar refractivity (Wildman–Crippen MR) is 414 cm³/mol. The highest BCUT2D eigenvalue weighted by molar-refractivity contribution is 7.47. The molecule has 0 aliphatic rings. The molecule has 0 bridgehead atoms. The topological polar surface area (TPSA) is 237 Å². The number of carbonyl (C=O) groups excluding carboxylic acids is 4. The summed E-state index contributed by atoms with van der Waals surface area (Å²) < 4.78 is 68.7. The van der Waals surface area contributed by atoms with Gasteiger partial charge in [0.2, 0.25) is 0 Å². The van der Waals surface area contributed by atoms with Gasteiger partial charge in [0.15, 0.2) is 12.2 Å². The third kappa shape index (κ3) is 74.7. The van der Waals surface area contributed by atoms with Gasteiger partial charge in [-0.05, 0) is 49.4 Å². The molecule has 3 N–H and O–H groups in total. The molecule has 0 saturated heterocycles. The maximum absolute atomic E-state index is 13.1. The number of ether oxygens (including phenoxy) is 4. The minimum atomic E-state index is -4.96. The molecule has 0 aromatic heterocycles. The van der Waals surface area contributed by atoms with Gasteiger partial charge in [-0.15, -0.1) is 0 Å². The van der Waals surface area contributed by atoms with Crippen molar-refractivity contribution >= 4 is 39.5 Å². The van der Waals surface area contributed by atoms with Gasteiger partial charge in [-0.25, -0.2) is 9.13 Å². The van der Waals surface area contributed by atoms with Gasteiger partial charge in [-0.3, -0.25) is 37.3 Å². The summed E-state index contributed by atoms with van der Waals surface area (Å²) >= 11 is 0. The summed E-state index contributed by atoms with van der Waals surface area (Å²) in [5, 5.41) is 10.6. The molecule has 0 amide bonds. The molecule has 3 unspecified atom stereocenters. The number of hydrogen-bond acceptors (Lipinski definition) is 15. The number of unbranched alkanes of at least 4 members (excludes halogenated alkanes) is 44. The van der Waals surface area contributed by atoms with Crippen LogP contribution < -0.4 is 0 Å². The molecule has 101 heavy (non-hydrogen) atoms. The Morgan fingerprint density at radius 1 is 0.277 bits per heavy atom. The van der Waals surface area contributed by atoms with Crippen LogP contribution in [0.2, 0.25) is 0 Å². The first kappa shape index (κ1) is 99.1. The summed E-state index contributed by atoms with van der Waals surface area (Å²) in [6, 6.07) is 0. The van der Waals surface area contributed by atoms with E-state index in [9.17, 15) is 43.2 Å². The normalized spacial score (nSPS) is 14.3. The molecule has 6 atom stereocenters. The van der Waals surface area contributed by atoms with E-state index in [1.165, 1.54) is 218 Å².